The zero-order valence-electron chi connectivity index (χ0n) is 8.95. The molecule has 5 nitrogen and oxygen atoms in total. The summed E-state index contributed by atoms with van der Waals surface area (Å²) in [5.41, 5.74) is 0. The monoisotopic (exact) mass is 215 g/mol. The molecule has 0 radical (unpaired) electrons. The van der Waals surface area contributed by atoms with Crippen LogP contribution in [0.3, 0.4) is 0 Å². The number of rotatable bonds is 4. The minimum atomic E-state index is -0.354. The topological polar surface area (TPSA) is 64.6 Å². The van der Waals surface area contributed by atoms with Crippen molar-refractivity contribution in [3.63, 3.8) is 0 Å². The second-order valence-electron chi connectivity index (χ2n) is 3.53. The van der Waals surface area contributed by atoms with Gasteiger partial charge >= 0.3 is 11.9 Å². The first kappa shape index (κ1) is 12.0. The van der Waals surface area contributed by atoms with Crippen LogP contribution in [0.2, 0.25) is 0 Å². The van der Waals surface area contributed by atoms with E-state index in [2.05, 4.69) is 10.1 Å². The van der Waals surface area contributed by atoms with Gasteiger partial charge in [0.25, 0.3) is 0 Å². The van der Waals surface area contributed by atoms with Crippen molar-refractivity contribution in [2.45, 2.75) is 19.8 Å². The zero-order valence-corrected chi connectivity index (χ0v) is 8.95. The zero-order chi connectivity index (χ0) is 11.1. The van der Waals surface area contributed by atoms with E-state index in [9.17, 15) is 9.59 Å². The Hall–Kier alpha value is -1.10. The summed E-state index contributed by atoms with van der Waals surface area (Å²) >= 11 is 0. The van der Waals surface area contributed by atoms with E-state index in [1.807, 2.05) is 0 Å². The Morgan fingerprint density at radius 3 is 2.40 bits per heavy atom. The van der Waals surface area contributed by atoms with E-state index in [-0.39, 0.29) is 31.1 Å². The fraction of sp³-hybridized carbons (Fsp3) is 0.800. The van der Waals surface area contributed by atoms with Crippen LogP contribution in [0.25, 0.3) is 0 Å². The molecule has 0 saturated carbocycles. The maximum absolute atomic E-state index is 11.5. The van der Waals surface area contributed by atoms with Crippen LogP contribution in [-0.4, -0.2) is 38.2 Å². The molecule has 1 aliphatic heterocycles. The molecule has 0 spiro atoms. The van der Waals surface area contributed by atoms with Gasteiger partial charge in [0.2, 0.25) is 0 Å². The number of esters is 2. The van der Waals surface area contributed by atoms with Crippen LogP contribution in [0, 0.1) is 5.92 Å². The molecular weight excluding hydrogens is 198 g/mol. The van der Waals surface area contributed by atoms with Gasteiger partial charge in [-0.1, -0.05) is 0 Å². The Balaban J connectivity index is 2.09. The summed E-state index contributed by atoms with van der Waals surface area (Å²) in [6, 6.07) is 0. The number of nitrogens with one attached hydrogen (secondary N) is 1. The maximum atomic E-state index is 11.5. The van der Waals surface area contributed by atoms with Gasteiger partial charge in [-0.05, 0) is 25.9 Å². The molecule has 1 rings (SSSR count). The number of hydrogen-bond acceptors (Lipinski definition) is 5. The fourth-order valence-electron chi connectivity index (χ4n) is 1.50. The Kier molecular flexibility index (Phi) is 5.10. The van der Waals surface area contributed by atoms with Crippen molar-refractivity contribution in [3.8, 4) is 0 Å². The highest BCUT2D eigenvalue weighted by molar-refractivity contribution is 5.72. The van der Waals surface area contributed by atoms with Gasteiger partial charge in [-0.25, -0.2) is 0 Å². The first-order chi connectivity index (χ1) is 7.20. The average molecular weight is 215 g/mol. The van der Waals surface area contributed by atoms with E-state index < -0.39 is 0 Å². The van der Waals surface area contributed by atoms with Crippen LogP contribution in [0.15, 0.2) is 0 Å². The van der Waals surface area contributed by atoms with Gasteiger partial charge in [0.15, 0.2) is 0 Å². The fourth-order valence-corrected chi connectivity index (χ4v) is 1.50. The molecule has 1 N–H and O–H groups in total. The molecule has 0 aromatic heterocycles. The van der Waals surface area contributed by atoms with Crippen LogP contribution in [0.4, 0.5) is 0 Å². The lowest BCUT2D eigenvalue weighted by Crippen LogP contribution is -2.33. The van der Waals surface area contributed by atoms with E-state index in [1.165, 1.54) is 6.92 Å². The quantitative estimate of drug-likeness (QED) is 0.532. The molecule has 0 aromatic rings. The first-order valence-electron chi connectivity index (χ1n) is 5.21. The van der Waals surface area contributed by atoms with E-state index in [1.54, 1.807) is 0 Å². The Bertz CT molecular complexity index is 223. The maximum Gasteiger partial charge on any atom is 0.309 e. The van der Waals surface area contributed by atoms with Crippen LogP contribution in [0.5, 0.6) is 0 Å². The van der Waals surface area contributed by atoms with Crippen molar-refractivity contribution in [2.75, 3.05) is 26.3 Å². The number of hydrogen-bond donors (Lipinski definition) is 1. The van der Waals surface area contributed by atoms with Gasteiger partial charge < -0.3 is 14.8 Å². The summed E-state index contributed by atoms with van der Waals surface area (Å²) in [6.45, 7) is 3.36. The second kappa shape index (κ2) is 6.40. The smallest absolute Gasteiger partial charge is 0.309 e. The first-order valence-corrected chi connectivity index (χ1v) is 5.21. The lowest BCUT2D eigenvalue weighted by Gasteiger charge is -2.20. The molecule has 0 aromatic carbocycles. The van der Waals surface area contributed by atoms with Crippen LogP contribution >= 0.6 is 0 Å². The molecule has 0 atom stereocenters. The predicted octanol–water partition coefficient (Wildman–Crippen LogP) is 0.0923. The number of carbonyl (C=O) groups excluding carboxylic acids is 2. The highest BCUT2D eigenvalue weighted by Gasteiger charge is 2.21. The predicted molar refractivity (Wildman–Crippen MR) is 53.2 cm³/mol. The number of carbonyl (C=O) groups is 2. The largest absolute Gasteiger partial charge is 0.462 e. The van der Waals surface area contributed by atoms with Gasteiger partial charge in [-0.3, -0.25) is 9.59 Å². The summed E-state index contributed by atoms with van der Waals surface area (Å²) in [7, 11) is 0. The lowest BCUT2D eigenvalue weighted by molar-refractivity contribution is -0.154. The molecule has 1 saturated heterocycles. The average Bonchev–Trinajstić information content (AvgIpc) is 2.25. The standard InChI is InChI=1S/C10H17NO4/c1-8(12)14-6-7-15-10(13)9-2-4-11-5-3-9/h9,11H,2-7H2,1H3. The van der Waals surface area contributed by atoms with Gasteiger partial charge in [-0.15, -0.1) is 0 Å². The molecule has 0 amide bonds. The number of ether oxygens (including phenoxy) is 2. The van der Waals surface area contributed by atoms with Crippen molar-refractivity contribution in [1.29, 1.82) is 0 Å². The molecule has 1 fully saturated rings. The number of piperidine rings is 1. The van der Waals surface area contributed by atoms with Gasteiger partial charge in [0.05, 0.1) is 5.92 Å². The van der Waals surface area contributed by atoms with Crippen molar-refractivity contribution in [1.82, 2.24) is 5.32 Å². The molecule has 1 aliphatic rings. The van der Waals surface area contributed by atoms with E-state index in [0.29, 0.717) is 0 Å². The molecule has 15 heavy (non-hydrogen) atoms. The van der Waals surface area contributed by atoms with Gasteiger partial charge in [-0.2, -0.15) is 0 Å². The molecule has 1 heterocycles. The SMILES string of the molecule is CC(=O)OCCOC(=O)C1CCNCC1. The molecule has 86 valence electrons. The summed E-state index contributed by atoms with van der Waals surface area (Å²) in [6.07, 6.45) is 1.65. The van der Waals surface area contributed by atoms with Crippen LogP contribution in [0.1, 0.15) is 19.8 Å². The second-order valence-corrected chi connectivity index (χ2v) is 3.53. The molecule has 0 aliphatic carbocycles. The summed E-state index contributed by atoms with van der Waals surface area (Å²) in [4.78, 5) is 21.9. The van der Waals surface area contributed by atoms with Crippen molar-refractivity contribution in [2.24, 2.45) is 5.92 Å². The lowest BCUT2D eigenvalue weighted by atomic mass is 9.99. The van der Waals surface area contributed by atoms with Crippen molar-refractivity contribution < 1.29 is 19.1 Å². The third-order valence-corrected chi connectivity index (χ3v) is 2.31. The van der Waals surface area contributed by atoms with Crippen LogP contribution in [-0.2, 0) is 19.1 Å². The summed E-state index contributed by atoms with van der Waals surface area (Å²) in [5.74, 6) is -0.528. The van der Waals surface area contributed by atoms with Crippen LogP contribution < -0.4 is 5.32 Å². The third-order valence-electron chi connectivity index (χ3n) is 2.31. The van der Waals surface area contributed by atoms with Gasteiger partial charge in [0, 0.05) is 6.92 Å². The summed E-state index contributed by atoms with van der Waals surface area (Å²) in [5, 5.41) is 3.17. The molecule has 0 unspecified atom stereocenters. The normalized spacial score (nSPS) is 17.1. The van der Waals surface area contributed by atoms with E-state index >= 15 is 0 Å². The van der Waals surface area contributed by atoms with Gasteiger partial charge in [0.1, 0.15) is 13.2 Å². The van der Waals surface area contributed by atoms with Crippen molar-refractivity contribution >= 4 is 11.9 Å². The highest BCUT2D eigenvalue weighted by atomic mass is 16.6. The van der Waals surface area contributed by atoms with E-state index in [0.717, 1.165) is 25.9 Å². The molecule has 5 heteroatoms. The Morgan fingerprint density at radius 1 is 1.20 bits per heavy atom. The van der Waals surface area contributed by atoms with Crippen molar-refractivity contribution in [3.05, 3.63) is 0 Å². The highest BCUT2D eigenvalue weighted by Crippen LogP contribution is 2.12. The molecule has 0 bridgehead atoms. The minimum Gasteiger partial charge on any atom is -0.462 e. The molecular formula is C10H17NO4. The Morgan fingerprint density at radius 2 is 1.80 bits per heavy atom. The van der Waals surface area contributed by atoms with E-state index in [4.69, 9.17) is 4.74 Å². The summed E-state index contributed by atoms with van der Waals surface area (Å²) < 4.78 is 9.64. The minimum absolute atomic E-state index is 0.00331. The third kappa shape index (κ3) is 4.78. The Labute approximate surface area is 89.1 Å².